The van der Waals surface area contributed by atoms with Crippen molar-refractivity contribution in [1.29, 1.82) is 0 Å². The van der Waals surface area contributed by atoms with Crippen molar-refractivity contribution in [2.45, 2.75) is 27.2 Å². The van der Waals surface area contributed by atoms with E-state index in [1.165, 1.54) is 0 Å². The second-order valence-corrected chi connectivity index (χ2v) is 5.96. The first-order valence-electron chi connectivity index (χ1n) is 5.48. The van der Waals surface area contributed by atoms with Crippen LogP contribution in [0.3, 0.4) is 0 Å². The van der Waals surface area contributed by atoms with Crippen LogP contribution >= 0.6 is 15.9 Å². The molecule has 3 heteroatoms. The number of hydrogen-bond donors (Lipinski definition) is 1. The summed E-state index contributed by atoms with van der Waals surface area (Å²) in [6.07, 6.45) is 0.988. The third-order valence-electron chi connectivity index (χ3n) is 3.28. The van der Waals surface area contributed by atoms with Crippen LogP contribution in [0.15, 0.2) is 22.7 Å². The fourth-order valence-electron chi connectivity index (χ4n) is 1.88. The fourth-order valence-corrected chi connectivity index (χ4v) is 2.24. The molecule has 1 aromatic carbocycles. The van der Waals surface area contributed by atoms with Gasteiger partial charge in [-0.15, -0.1) is 0 Å². The van der Waals surface area contributed by atoms with Gasteiger partial charge in [-0.3, -0.25) is 4.79 Å². The fraction of sp³-hybridized carbons (Fsp3) is 0.462. The van der Waals surface area contributed by atoms with E-state index in [9.17, 15) is 4.79 Å². The number of carbonyl (C=O) groups excluding carboxylic acids is 1. The molecule has 0 aromatic heterocycles. The Morgan fingerprint density at radius 3 is 2.69 bits per heavy atom. The minimum absolute atomic E-state index is 0.135. The molecule has 0 radical (unpaired) electrons. The highest BCUT2D eigenvalue weighted by molar-refractivity contribution is 9.10. The van der Waals surface area contributed by atoms with Gasteiger partial charge in [0.25, 0.3) is 0 Å². The Balaban J connectivity index is 2.10. The maximum absolute atomic E-state index is 11.9. The Morgan fingerprint density at radius 2 is 2.12 bits per heavy atom. The van der Waals surface area contributed by atoms with E-state index in [2.05, 4.69) is 35.1 Å². The van der Waals surface area contributed by atoms with Crippen LogP contribution in [-0.2, 0) is 4.79 Å². The molecule has 2 rings (SSSR count). The zero-order valence-electron chi connectivity index (χ0n) is 9.80. The number of amides is 1. The van der Waals surface area contributed by atoms with Crippen molar-refractivity contribution < 1.29 is 4.79 Å². The van der Waals surface area contributed by atoms with Gasteiger partial charge in [-0.25, -0.2) is 0 Å². The van der Waals surface area contributed by atoms with Gasteiger partial charge < -0.3 is 5.32 Å². The molecule has 1 aliphatic carbocycles. The molecular weight excluding hydrogens is 266 g/mol. The standard InChI is InChI=1S/C13H16BrNO/c1-8-5-4-6-10(11(8)14)15-12(16)9-7-13(9,2)3/h4-6,9H,7H2,1-3H3,(H,15,16). The van der Waals surface area contributed by atoms with E-state index in [-0.39, 0.29) is 17.2 Å². The Bertz CT molecular complexity index is 440. The van der Waals surface area contributed by atoms with E-state index in [1.807, 2.05) is 25.1 Å². The van der Waals surface area contributed by atoms with Gasteiger partial charge >= 0.3 is 0 Å². The van der Waals surface area contributed by atoms with Gasteiger partial charge in [-0.2, -0.15) is 0 Å². The molecule has 0 spiro atoms. The number of anilines is 1. The van der Waals surface area contributed by atoms with Crippen LogP contribution in [0.25, 0.3) is 0 Å². The molecule has 1 aromatic rings. The quantitative estimate of drug-likeness (QED) is 0.879. The van der Waals surface area contributed by atoms with E-state index in [0.29, 0.717) is 0 Å². The molecule has 2 nitrogen and oxygen atoms in total. The predicted octanol–water partition coefficient (Wildman–Crippen LogP) is 3.74. The topological polar surface area (TPSA) is 29.1 Å². The van der Waals surface area contributed by atoms with Gasteiger partial charge in [0.1, 0.15) is 0 Å². The monoisotopic (exact) mass is 281 g/mol. The van der Waals surface area contributed by atoms with E-state index in [0.717, 1.165) is 22.1 Å². The van der Waals surface area contributed by atoms with Gasteiger partial charge in [0.05, 0.1) is 5.69 Å². The molecule has 16 heavy (non-hydrogen) atoms. The van der Waals surface area contributed by atoms with Crippen LogP contribution in [0, 0.1) is 18.3 Å². The van der Waals surface area contributed by atoms with Crippen molar-refractivity contribution in [2.75, 3.05) is 5.32 Å². The summed E-state index contributed by atoms with van der Waals surface area (Å²) in [5.74, 6) is 0.302. The number of carbonyl (C=O) groups is 1. The Hall–Kier alpha value is -0.830. The molecule has 1 amide bonds. The van der Waals surface area contributed by atoms with E-state index in [1.54, 1.807) is 0 Å². The SMILES string of the molecule is Cc1cccc(NC(=O)C2CC2(C)C)c1Br. The average molecular weight is 282 g/mol. The first-order chi connectivity index (χ1) is 7.42. The number of nitrogens with one attached hydrogen (secondary N) is 1. The largest absolute Gasteiger partial charge is 0.325 e. The van der Waals surface area contributed by atoms with Crippen molar-refractivity contribution in [1.82, 2.24) is 0 Å². The molecular formula is C13H16BrNO. The zero-order chi connectivity index (χ0) is 11.9. The lowest BCUT2D eigenvalue weighted by atomic mass is 10.1. The van der Waals surface area contributed by atoms with Crippen molar-refractivity contribution in [3.05, 3.63) is 28.2 Å². The molecule has 0 saturated heterocycles. The highest BCUT2D eigenvalue weighted by Crippen LogP contribution is 2.52. The maximum atomic E-state index is 11.9. The second-order valence-electron chi connectivity index (χ2n) is 5.17. The van der Waals surface area contributed by atoms with Gasteiger partial charge in [0.15, 0.2) is 0 Å². The van der Waals surface area contributed by atoms with E-state index >= 15 is 0 Å². The number of hydrogen-bond acceptors (Lipinski definition) is 1. The highest BCUT2D eigenvalue weighted by atomic mass is 79.9. The van der Waals surface area contributed by atoms with E-state index in [4.69, 9.17) is 0 Å². The summed E-state index contributed by atoms with van der Waals surface area (Å²) in [6, 6.07) is 5.89. The molecule has 86 valence electrons. The lowest BCUT2D eigenvalue weighted by molar-refractivity contribution is -0.118. The second kappa shape index (κ2) is 3.88. The Kier molecular flexibility index (Phi) is 2.82. The number of halogens is 1. The molecule has 1 atom stereocenters. The smallest absolute Gasteiger partial charge is 0.228 e. The molecule has 1 N–H and O–H groups in total. The van der Waals surface area contributed by atoms with Crippen molar-refractivity contribution in [3.8, 4) is 0 Å². The average Bonchev–Trinajstić information content (AvgIpc) is 2.83. The molecule has 1 fully saturated rings. The summed E-state index contributed by atoms with van der Waals surface area (Å²) in [5.41, 5.74) is 2.18. The summed E-state index contributed by atoms with van der Waals surface area (Å²) < 4.78 is 0.974. The normalized spacial score (nSPS) is 21.6. The third kappa shape index (κ3) is 2.14. The third-order valence-corrected chi connectivity index (χ3v) is 4.33. The first-order valence-corrected chi connectivity index (χ1v) is 6.27. The lowest BCUT2D eigenvalue weighted by Crippen LogP contribution is -2.16. The van der Waals surface area contributed by atoms with Gasteiger partial charge in [-0.1, -0.05) is 26.0 Å². The molecule has 1 saturated carbocycles. The van der Waals surface area contributed by atoms with E-state index < -0.39 is 0 Å². The summed E-state index contributed by atoms with van der Waals surface area (Å²) in [7, 11) is 0. The molecule has 0 bridgehead atoms. The molecule has 1 aliphatic rings. The van der Waals surface area contributed by atoms with Crippen LogP contribution in [0.2, 0.25) is 0 Å². The van der Waals surface area contributed by atoms with Crippen molar-refractivity contribution >= 4 is 27.5 Å². The number of aryl methyl sites for hydroxylation is 1. The highest BCUT2D eigenvalue weighted by Gasteiger charge is 2.50. The minimum Gasteiger partial charge on any atom is -0.325 e. The van der Waals surface area contributed by atoms with Crippen LogP contribution in [0.5, 0.6) is 0 Å². The zero-order valence-corrected chi connectivity index (χ0v) is 11.4. The summed E-state index contributed by atoms with van der Waals surface area (Å²) in [4.78, 5) is 11.9. The van der Waals surface area contributed by atoms with Gasteiger partial charge in [0.2, 0.25) is 5.91 Å². The number of rotatable bonds is 2. The molecule has 0 heterocycles. The van der Waals surface area contributed by atoms with Gasteiger partial charge in [-0.05, 0) is 46.3 Å². The van der Waals surface area contributed by atoms with Crippen LogP contribution < -0.4 is 5.32 Å². The first kappa shape index (κ1) is 11.6. The summed E-state index contributed by atoms with van der Waals surface area (Å²) >= 11 is 3.49. The number of benzene rings is 1. The Labute approximate surface area is 105 Å². The molecule has 1 unspecified atom stereocenters. The van der Waals surface area contributed by atoms with Crippen molar-refractivity contribution in [2.24, 2.45) is 11.3 Å². The predicted molar refractivity (Wildman–Crippen MR) is 69.4 cm³/mol. The molecule has 0 aliphatic heterocycles. The van der Waals surface area contributed by atoms with Crippen molar-refractivity contribution in [3.63, 3.8) is 0 Å². The van der Waals surface area contributed by atoms with Crippen LogP contribution in [0.4, 0.5) is 5.69 Å². The Morgan fingerprint density at radius 1 is 1.50 bits per heavy atom. The summed E-state index contributed by atoms with van der Waals surface area (Å²) in [5, 5.41) is 2.98. The maximum Gasteiger partial charge on any atom is 0.228 e. The minimum atomic E-state index is 0.135. The summed E-state index contributed by atoms with van der Waals surface area (Å²) in [6.45, 7) is 6.27. The van der Waals surface area contributed by atoms with Gasteiger partial charge in [0, 0.05) is 10.4 Å². The van der Waals surface area contributed by atoms with Crippen LogP contribution in [0.1, 0.15) is 25.8 Å². The lowest BCUT2D eigenvalue weighted by Gasteiger charge is -2.09. The van der Waals surface area contributed by atoms with Crippen LogP contribution in [-0.4, -0.2) is 5.91 Å².